The fraction of sp³-hybridized carbons (Fsp3) is 0.938. The molecule has 5 heteroatoms. The Hall–Kier alpha value is -0.650. The molecule has 0 aliphatic carbocycles. The first-order chi connectivity index (χ1) is 10.1. The minimum atomic E-state index is -0.0296. The molecule has 1 N–H and O–H groups in total. The molecule has 0 bridgehead atoms. The summed E-state index contributed by atoms with van der Waals surface area (Å²) in [6.07, 6.45) is 3.85. The van der Waals surface area contributed by atoms with Crippen LogP contribution in [0.5, 0.6) is 0 Å². The first-order valence-electron chi connectivity index (χ1n) is 8.52. The van der Waals surface area contributed by atoms with Gasteiger partial charge in [-0.25, -0.2) is 0 Å². The predicted molar refractivity (Wildman–Crippen MR) is 81.9 cm³/mol. The lowest BCUT2D eigenvalue weighted by molar-refractivity contribution is -0.134. The molecule has 5 nitrogen and oxygen atoms in total. The van der Waals surface area contributed by atoms with E-state index in [2.05, 4.69) is 31.0 Å². The van der Waals surface area contributed by atoms with Crippen LogP contribution in [0.1, 0.15) is 40.0 Å². The summed E-state index contributed by atoms with van der Waals surface area (Å²) in [5, 5.41) is 3.48. The van der Waals surface area contributed by atoms with E-state index in [4.69, 9.17) is 4.74 Å². The third-order valence-corrected chi connectivity index (χ3v) is 5.21. The molecule has 1 amide bonds. The zero-order valence-corrected chi connectivity index (χ0v) is 13.5. The summed E-state index contributed by atoms with van der Waals surface area (Å²) < 4.78 is 6.03. The monoisotopic (exact) mass is 295 g/mol. The lowest BCUT2D eigenvalue weighted by Crippen LogP contribution is -2.52. The number of carbonyl (C=O) groups excluding carboxylic acids is 1. The van der Waals surface area contributed by atoms with Crippen LogP contribution in [0.15, 0.2) is 0 Å². The number of nitrogens with one attached hydrogen (secondary N) is 1. The number of ether oxygens (including phenoxy) is 1. The molecular weight excluding hydrogens is 266 g/mol. The summed E-state index contributed by atoms with van der Waals surface area (Å²) >= 11 is 0. The van der Waals surface area contributed by atoms with Gasteiger partial charge in [-0.15, -0.1) is 0 Å². The van der Waals surface area contributed by atoms with Crippen LogP contribution in [-0.2, 0) is 9.53 Å². The van der Waals surface area contributed by atoms with E-state index in [1.54, 1.807) is 0 Å². The number of hydrogen-bond donors (Lipinski definition) is 1. The molecule has 0 aromatic carbocycles. The van der Waals surface area contributed by atoms with Crippen LogP contribution >= 0.6 is 0 Å². The van der Waals surface area contributed by atoms with E-state index in [1.165, 1.54) is 19.4 Å². The Kier molecular flexibility index (Phi) is 4.52. The van der Waals surface area contributed by atoms with Crippen LogP contribution in [0, 0.1) is 5.92 Å². The summed E-state index contributed by atoms with van der Waals surface area (Å²) in [4.78, 5) is 17.2. The molecule has 0 aromatic heterocycles. The third kappa shape index (κ3) is 2.96. The zero-order chi connectivity index (χ0) is 15.0. The van der Waals surface area contributed by atoms with Gasteiger partial charge in [-0.1, -0.05) is 20.8 Å². The Morgan fingerprint density at radius 2 is 2.24 bits per heavy atom. The van der Waals surface area contributed by atoms with E-state index < -0.39 is 0 Å². The van der Waals surface area contributed by atoms with Crippen molar-refractivity contribution in [3.8, 4) is 0 Å². The molecule has 4 atom stereocenters. The Morgan fingerprint density at radius 3 is 2.95 bits per heavy atom. The Balaban J connectivity index is 1.62. The molecular formula is C16H29N3O2. The van der Waals surface area contributed by atoms with Gasteiger partial charge in [0, 0.05) is 19.1 Å². The van der Waals surface area contributed by atoms with Crippen LogP contribution in [0.4, 0.5) is 0 Å². The molecule has 3 aliphatic rings. The van der Waals surface area contributed by atoms with E-state index >= 15 is 0 Å². The second kappa shape index (κ2) is 6.23. The van der Waals surface area contributed by atoms with Gasteiger partial charge in [-0.05, 0) is 31.7 Å². The first kappa shape index (κ1) is 15.3. The molecule has 3 fully saturated rings. The van der Waals surface area contributed by atoms with Crippen molar-refractivity contribution in [2.45, 2.75) is 64.4 Å². The molecule has 120 valence electrons. The molecule has 4 unspecified atom stereocenters. The second-order valence-electron chi connectivity index (χ2n) is 7.05. The zero-order valence-electron chi connectivity index (χ0n) is 13.5. The fourth-order valence-corrected chi connectivity index (χ4v) is 3.95. The number of fused-ring (bicyclic) bond motifs is 1. The molecule has 3 saturated heterocycles. The highest BCUT2D eigenvalue weighted by Crippen LogP contribution is 2.25. The van der Waals surface area contributed by atoms with Crippen LogP contribution < -0.4 is 5.32 Å². The molecule has 3 aliphatic heterocycles. The number of hydrogen-bond acceptors (Lipinski definition) is 4. The maximum absolute atomic E-state index is 12.6. The average Bonchev–Trinajstić information content (AvgIpc) is 3.04. The van der Waals surface area contributed by atoms with Gasteiger partial charge in [0.2, 0.25) is 5.91 Å². The second-order valence-corrected chi connectivity index (χ2v) is 7.05. The molecule has 0 radical (unpaired) electrons. The average molecular weight is 295 g/mol. The SMILES string of the molecule is CCC1NC(C(C)C)C(=O)N1CC1CN2CCCC2CO1. The number of morpholine rings is 1. The van der Waals surface area contributed by atoms with E-state index in [1.807, 2.05) is 4.90 Å². The summed E-state index contributed by atoms with van der Waals surface area (Å²) in [7, 11) is 0. The fourth-order valence-electron chi connectivity index (χ4n) is 3.95. The molecule has 3 heterocycles. The number of nitrogens with zero attached hydrogens (tertiary/aromatic N) is 2. The van der Waals surface area contributed by atoms with Gasteiger partial charge in [-0.2, -0.15) is 0 Å². The topological polar surface area (TPSA) is 44.8 Å². The molecule has 3 rings (SSSR count). The van der Waals surface area contributed by atoms with Crippen molar-refractivity contribution in [3.63, 3.8) is 0 Å². The Morgan fingerprint density at radius 1 is 1.43 bits per heavy atom. The van der Waals surface area contributed by atoms with Gasteiger partial charge < -0.3 is 9.64 Å². The van der Waals surface area contributed by atoms with Gasteiger partial charge in [0.05, 0.1) is 24.9 Å². The number of rotatable bonds is 4. The van der Waals surface area contributed by atoms with Gasteiger partial charge in [0.15, 0.2) is 0 Å². The van der Waals surface area contributed by atoms with E-state index in [0.29, 0.717) is 12.0 Å². The highest BCUT2D eigenvalue weighted by molar-refractivity contribution is 5.84. The maximum Gasteiger partial charge on any atom is 0.241 e. The number of amides is 1. The van der Waals surface area contributed by atoms with Gasteiger partial charge in [0.25, 0.3) is 0 Å². The van der Waals surface area contributed by atoms with E-state index in [-0.39, 0.29) is 24.2 Å². The smallest absolute Gasteiger partial charge is 0.241 e. The molecule has 0 spiro atoms. The van der Waals surface area contributed by atoms with Crippen LogP contribution in [-0.4, -0.2) is 66.3 Å². The largest absolute Gasteiger partial charge is 0.373 e. The van der Waals surface area contributed by atoms with Crippen molar-refractivity contribution in [3.05, 3.63) is 0 Å². The van der Waals surface area contributed by atoms with Gasteiger partial charge in [-0.3, -0.25) is 15.0 Å². The molecule has 21 heavy (non-hydrogen) atoms. The first-order valence-corrected chi connectivity index (χ1v) is 8.52. The van der Waals surface area contributed by atoms with Crippen LogP contribution in [0.3, 0.4) is 0 Å². The maximum atomic E-state index is 12.6. The standard InChI is InChI=1S/C16H29N3O2/c1-4-14-17-15(11(2)3)16(20)19(14)9-13-8-18-7-5-6-12(18)10-21-13/h11-15,17H,4-10H2,1-3H3. The minimum Gasteiger partial charge on any atom is -0.373 e. The van der Waals surface area contributed by atoms with Crippen LogP contribution in [0.2, 0.25) is 0 Å². The van der Waals surface area contributed by atoms with Crippen molar-refractivity contribution in [1.82, 2.24) is 15.1 Å². The molecule has 0 saturated carbocycles. The van der Waals surface area contributed by atoms with Crippen molar-refractivity contribution < 1.29 is 9.53 Å². The summed E-state index contributed by atoms with van der Waals surface area (Å²) in [6, 6.07) is 0.595. The summed E-state index contributed by atoms with van der Waals surface area (Å²) in [5.74, 6) is 0.593. The quantitative estimate of drug-likeness (QED) is 0.842. The summed E-state index contributed by atoms with van der Waals surface area (Å²) in [5.41, 5.74) is 0. The predicted octanol–water partition coefficient (Wildman–Crippen LogP) is 1.04. The van der Waals surface area contributed by atoms with Crippen molar-refractivity contribution in [2.24, 2.45) is 5.92 Å². The lowest BCUT2D eigenvalue weighted by Gasteiger charge is -2.37. The van der Waals surface area contributed by atoms with Crippen molar-refractivity contribution >= 4 is 5.91 Å². The van der Waals surface area contributed by atoms with Crippen LogP contribution in [0.25, 0.3) is 0 Å². The van der Waals surface area contributed by atoms with Gasteiger partial charge >= 0.3 is 0 Å². The summed E-state index contributed by atoms with van der Waals surface area (Å²) in [6.45, 7) is 10.1. The minimum absolute atomic E-state index is 0.0296. The highest BCUT2D eigenvalue weighted by Gasteiger charge is 2.41. The van der Waals surface area contributed by atoms with E-state index in [9.17, 15) is 4.79 Å². The lowest BCUT2D eigenvalue weighted by atomic mass is 10.0. The van der Waals surface area contributed by atoms with Crippen molar-refractivity contribution in [1.29, 1.82) is 0 Å². The van der Waals surface area contributed by atoms with Gasteiger partial charge in [0.1, 0.15) is 0 Å². The highest BCUT2D eigenvalue weighted by atomic mass is 16.5. The molecule has 0 aromatic rings. The Labute approximate surface area is 128 Å². The Bertz CT molecular complexity index is 388. The third-order valence-electron chi connectivity index (χ3n) is 5.21. The normalized spacial score (nSPS) is 37.5. The van der Waals surface area contributed by atoms with E-state index in [0.717, 1.165) is 26.1 Å². The number of carbonyl (C=O) groups is 1. The van der Waals surface area contributed by atoms with Crippen molar-refractivity contribution in [2.75, 3.05) is 26.2 Å².